The molecule has 2 aromatic rings. The molecule has 1 aliphatic rings. The van der Waals surface area contributed by atoms with Crippen LogP contribution in [0.2, 0.25) is 0 Å². The SMILES string of the molecule is CCCn1ncc(CN[C@@H]2CC(=O)N(Cc3cccc(F)c3)C2)c1C. The fourth-order valence-corrected chi connectivity index (χ4v) is 3.27. The molecule has 1 aliphatic heterocycles. The van der Waals surface area contributed by atoms with Gasteiger partial charge in [0.1, 0.15) is 5.82 Å². The molecule has 6 heteroatoms. The summed E-state index contributed by atoms with van der Waals surface area (Å²) >= 11 is 0. The maximum absolute atomic E-state index is 13.3. The molecule has 1 aromatic carbocycles. The highest BCUT2D eigenvalue weighted by Crippen LogP contribution is 2.17. The zero-order valence-electron chi connectivity index (χ0n) is 14.8. The molecule has 0 radical (unpaired) electrons. The van der Waals surface area contributed by atoms with Crippen LogP contribution in [0.25, 0.3) is 0 Å². The summed E-state index contributed by atoms with van der Waals surface area (Å²) in [6.07, 6.45) is 3.44. The smallest absolute Gasteiger partial charge is 0.224 e. The molecule has 1 atom stereocenters. The van der Waals surface area contributed by atoms with Gasteiger partial charge in [0.2, 0.25) is 5.91 Å². The molecule has 0 aliphatic carbocycles. The molecule has 2 heterocycles. The average molecular weight is 344 g/mol. The van der Waals surface area contributed by atoms with Crippen LogP contribution in [0.15, 0.2) is 30.5 Å². The molecule has 1 saturated heterocycles. The van der Waals surface area contributed by atoms with Crippen molar-refractivity contribution in [2.24, 2.45) is 0 Å². The Kier molecular flexibility index (Phi) is 5.48. The Labute approximate surface area is 147 Å². The zero-order chi connectivity index (χ0) is 17.8. The summed E-state index contributed by atoms with van der Waals surface area (Å²) in [7, 11) is 0. The Morgan fingerprint density at radius 2 is 2.24 bits per heavy atom. The van der Waals surface area contributed by atoms with Crippen LogP contribution in [-0.2, 0) is 24.4 Å². The lowest BCUT2D eigenvalue weighted by Gasteiger charge is -2.17. The van der Waals surface area contributed by atoms with Gasteiger partial charge in [0.15, 0.2) is 0 Å². The first kappa shape index (κ1) is 17.6. The van der Waals surface area contributed by atoms with Crippen LogP contribution in [0.4, 0.5) is 4.39 Å². The number of aromatic nitrogens is 2. The molecular weight excluding hydrogens is 319 g/mol. The number of nitrogens with zero attached hydrogens (tertiary/aromatic N) is 3. The summed E-state index contributed by atoms with van der Waals surface area (Å²) in [4.78, 5) is 14.0. The maximum Gasteiger partial charge on any atom is 0.224 e. The highest BCUT2D eigenvalue weighted by atomic mass is 19.1. The van der Waals surface area contributed by atoms with E-state index in [1.807, 2.05) is 16.9 Å². The minimum atomic E-state index is -0.265. The lowest BCUT2D eigenvalue weighted by molar-refractivity contribution is -0.128. The second kappa shape index (κ2) is 7.78. The van der Waals surface area contributed by atoms with Crippen molar-refractivity contribution in [1.82, 2.24) is 20.0 Å². The van der Waals surface area contributed by atoms with Crippen molar-refractivity contribution in [3.63, 3.8) is 0 Å². The summed E-state index contributed by atoms with van der Waals surface area (Å²) in [5.74, 6) is -0.154. The normalized spacial score (nSPS) is 17.5. The van der Waals surface area contributed by atoms with E-state index >= 15 is 0 Å². The van der Waals surface area contributed by atoms with E-state index in [0.717, 1.165) is 18.5 Å². The number of carbonyl (C=O) groups excluding carboxylic acids is 1. The lowest BCUT2D eigenvalue weighted by atomic mass is 10.2. The molecule has 1 fully saturated rings. The minimum Gasteiger partial charge on any atom is -0.337 e. The number of likely N-dealkylation sites (tertiary alicyclic amines) is 1. The van der Waals surface area contributed by atoms with Gasteiger partial charge in [-0.05, 0) is 31.0 Å². The molecule has 1 amide bonds. The molecule has 0 saturated carbocycles. The third-order valence-electron chi connectivity index (χ3n) is 4.70. The molecule has 1 aromatic heterocycles. The van der Waals surface area contributed by atoms with E-state index in [4.69, 9.17) is 0 Å². The van der Waals surface area contributed by atoms with Gasteiger partial charge in [0.25, 0.3) is 0 Å². The van der Waals surface area contributed by atoms with Crippen molar-refractivity contribution in [3.05, 3.63) is 53.1 Å². The number of amides is 1. The molecule has 3 rings (SSSR count). The zero-order valence-corrected chi connectivity index (χ0v) is 14.8. The Morgan fingerprint density at radius 1 is 1.40 bits per heavy atom. The highest BCUT2D eigenvalue weighted by molar-refractivity contribution is 5.79. The molecule has 134 valence electrons. The Morgan fingerprint density at radius 3 is 3.00 bits per heavy atom. The number of halogens is 1. The van der Waals surface area contributed by atoms with Crippen molar-refractivity contribution < 1.29 is 9.18 Å². The van der Waals surface area contributed by atoms with E-state index in [2.05, 4.69) is 24.3 Å². The van der Waals surface area contributed by atoms with Gasteiger partial charge in [-0.2, -0.15) is 5.10 Å². The predicted octanol–water partition coefficient (Wildman–Crippen LogP) is 2.63. The number of carbonyl (C=O) groups is 1. The lowest BCUT2D eigenvalue weighted by Crippen LogP contribution is -2.32. The van der Waals surface area contributed by atoms with E-state index in [1.54, 1.807) is 11.0 Å². The van der Waals surface area contributed by atoms with Crippen molar-refractivity contribution in [1.29, 1.82) is 0 Å². The summed E-state index contributed by atoms with van der Waals surface area (Å²) in [5, 5.41) is 7.87. The summed E-state index contributed by atoms with van der Waals surface area (Å²) in [5.41, 5.74) is 3.17. The van der Waals surface area contributed by atoms with Crippen LogP contribution < -0.4 is 5.32 Å². The van der Waals surface area contributed by atoms with Crippen LogP contribution >= 0.6 is 0 Å². The molecule has 0 spiro atoms. The first-order valence-electron chi connectivity index (χ1n) is 8.83. The summed E-state index contributed by atoms with van der Waals surface area (Å²) in [6, 6.07) is 6.55. The van der Waals surface area contributed by atoms with Gasteiger partial charge >= 0.3 is 0 Å². The van der Waals surface area contributed by atoms with Crippen LogP contribution in [0.1, 0.15) is 36.6 Å². The molecule has 0 bridgehead atoms. The molecular formula is C19H25FN4O. The number of hydrogen-bond donors (Lipinski definition) is 1. The summed E-state index contributed by atoms with van der Waals surface area (Å²) < 4.78 is 15.3. The fourth-order valence-electron chi connectivity index (χ4n) is 3.27. The van der Waals surface area contributed by atoms with E-state index in [1.165, 1.54) is 23.4 Å². The minimum absolute atomic E-state index is 0.111. The third kappa shape index (κ3) is 4.25. The first-order valence-corrected chi connectivity index (χ1v) is 8.83. The number of hydrogen-bond acceptors (Lipinski definition) is 3. The van der Waals surface area contributed by atoms with Gasteiger partial charge in [-0.1, -0.05) is 19.1 Å². The van der Waals surface area contributed by atoms with Crippen molar-refractivity contribution in [2.75, 3.05) is 6.54 Å². The number of rotatable bonds is 7. The standard InChI is InChI=1S/C19H25FN4O/c1-3-7-24-14(2)16(11-22-24)10-21-18-9-19(25)23(13-18)12-15-5-4-6-17(20)8-15/h4-6,8,11,18,21H,3,7,9-10,12-13H2,1-2H3/t18-/m1/s1. The van der Waals surface area contributed by atoms with Crippen molar-refractivity contribution in [3.8, 4) is 0 Å². The van der Waals surface area contributed by atoms with Crippen LogP contribution in [0, 0.1) is 12.7 Å². The van der Waals surface area contributed by atoms with E-state index in [-0.39, 0.29) is 17.8 Å². The fraction of sp³-hybridized carbons (Fsp3) is 0.474. The number of nitrogens with one attached hydrogen (secondary N) is 1. The number of benzene rings is 1. The quantitative estimate of drug-likeness (QED) is 0.840. The Hall–Kier alpha value is -2.21. The van der Waals surface area contributed by atoms with Gasteiger partial charge in [0.05, 0.1) is 6.20 Å². The van der Waals surface area contributed by atoms with Crippen LogP contribution in [0.3, 0.4) is 0 Å². The second-order valence-corrected chi connectivity index (χ2v) is 6.66. The topological polar surface area (TPSA) is 50.2 Å². The van der Waals surface area contributed by atoms with Crippen molar-refractivity contribution >= 4 is 5.91 Å². The first-order chi connectivity index (χ1) is 12.1. The molecule has 25 heavy (non-hydrogen) atoms. The van der Waals surface area contributed by atoms with E-state index in [9.17, 15) is 9.18 Å². The average Bonchev–Trinajstić information content (AvgIpc) is 3.10. The largest absolute Gasteiger partial charge is 0.337 e. The van der Waals surface area contributed by atoms with Crippen LogP contribution in [-0.4, -0.2) is 33.2 Å². The Bertz CT molecular complexity index is 743. The third-order valence-corrected chi connectivity index (χ3v) is 4.70. The molecule has 1 N–H and O–H groups in total. The van der Waals surface area contributed by atoms with Gasteiger partial charge in [0, 0.05) is 49.9 Å². The van der Waals surface area contributed by atoms with Crippen LogP contribution in [0.5, 0.6) is 0 Å². The number of aryl methyl sites for hydroxylation is 1. The molecule has 0 unspecified atom stereocenters. The van der Waals surface area contributed by atoms with E-state index in [0.29, 0.717) is 26.1 Å². The van der Waals surface area contributed by atoms with Gasteiger partial charge < -0.3 is 10.2 Å². The molecule has 5 nitrogen and oxygen atoms in total. The second-order valence-electron chi connectivity index (χ2n) is 6.66. The maximum atomic E-state index is 13.3. The van der Waals surface area contributed by atoms with E-state index < -0.39 is 0 Å². The van der Waals surface area contributed by atoms with Gasteiger partial charge in [-0.15, -0.1) is 0 Å². The summed E-state index contributed by atoms with van der Waals surface area (Å²) in [6.45, 7) is 6.96. The monoisotopic (exact) mass is 344 g/mol. The van der Waals surface area contributed by atoms with Gasteiger partial charge in [-0.25, -0.2) is 4.39 Å². The van der Waals surface area contributed by atoms with Crippen molar-refractivity contribution in [2.45, 2.75) is 52.4 Å². The highest BCUT2D eigenvalue weighted by Gasteiger charge is 2.29. The predicted molar refractivity (Wildman–Crippen MR) is 94.3 cm³/mol. The van der Waals surface area contributed by atoms with Gasteiger partial charge in [-0.3, -0.25) is 9.48 Å². The Balaban J connectivity index is 1.54.